The van der Waals surface area contributed by atoms with Crippen LogP contribution < -0.4 is 0 Å². The molecule has 0 saturated carbocycles. The molecular formula is C22H22ClN5O2S. The fraction of sp³-hybridized carbons (Fsp3) is 0.318. The predicted molar refractivity (Wildman–Crippen MR) is 120 cm³/mol. The summed E-state index contributed by atoms with van der Waals surface area (Å²) in [6.07, 6.45) is 2.27. The summed E-state index contributed by atoms with van der Waals surface area (Å²) in [6.45, 7) is 4.41. The SMILES string of the molecule is Cc1cccc(C)c1-n1nnnc1S[C@@H]1CCCCN(C(=O)c2ccc(Cl)cc2)C1=O. The second kappa shape index (κ2) is 9.20. The average molecular weight is 456 g/mol. The van der Waals surface area contributed by atoms with E-state index in [9.17, 15) is 9.59 Å². The monoisotopic (exact) mass is 455 g/mol. The number of aryl methyl sites for hydroxylation is 2. The number of hydrogen-bond donors (Lipinski definition) is 0. The first-order valence-electron chi connectivity index (χ1n) is 10.1. The minimum Gasteiger partial charge on any atom is -0.278 e. The van der Waals surface area contributed by atoms with Crippen molar-refractivity contribution in [1.82, 2.24) is 25.1 Å². The minimum atomic E-state index is -0.437. The van der Waals surface area contributed by atoms with Crippen LogP contribution in [0, 0.1) is 13.8 Å². The molecule has 2 aromatic carbocycles. The van der Waals surface area contributed by atoms with Gasteiger partial charge in [-0.15, -0.1) is 5.10 Å². The Labute approximate surface area is 189 Å². The van der Waals surface area contributed by atoms with Gasteiger partial charge in [-0.05, 0) is 72.5 Å². The van der Waals surface area contributed by atoms with E-state index in [-0.39, 0.29) is 11.8 Å². The molecule has 0 aliphatic carbocycles. The number of aromatic nitrogens is 4. The number of carbonyl (C=O) groups excluding carboxylic acids is 2. The zero-order valence-electron chi connectivity index (χ0n) is 17.3. The summed E-state index contributed by atoms with van der Waals surface area (Å²) in [6, 6.07) is 12.6. The third kappa shape index (κ3) is 4.50. The van der Waals surface area contributed by atoms with E-state index in [1.54, 1.807) is 28.9 Å². The number of hydrogen-bond acceptors (Lipinski definition) is 6. The summed E-state index contributed by atoms with van der Waals surface area (Å²) in [5.41, 5.74) is 3.44. The first-order valence-corrected chi connectivity index (χ1v) is 11.3. The third-order valence-electron chi connectivity index (χ3n) is 5.32. The predicted octanol–water partition coefficient (Wildman–Crippen LogP) is 4.25. The highest BCUT2D eigenvalue weighted by molar-refractivity contribution is 8.00. The zero-order valence-corrected chi connectivity index (χ0v) is 18.9. The molecule has 1 fully saturated rings. The van der Waals surface area contributed by atoms with Gasteiger partial charge in [0.1, 0.15) is 0 Å². The molecule has 4 rings (SSSR count). The average Bonchev–Trinajstić information content (AvgIpc) is 3.12. The summed E-state index contributed by atoms with van der Waals surface area (Å²) in [5, 5.41) is 12.8. The molecule has 1 aliphatic heterocycles. The van der Waals surface area contributed by atoms with Crippen LogP contribution in [0.2, 0.25) is 5.02 Å². The quantitative estimate of drug-likeness (QED) is 0.547. The minimum absolute atomic E-state index is 0.210. The van der Waals surface area contributed by atoms with Crippen LogP contribution in [-0.2, 0) is 4.79 Å². The van der Waals surface area contributed by atoms with Gasteiger partial charge in [0.05, 0.1) is 10.9 Å². The van der Waals surface area contributed by atoms with E-state index < -0.39 is 5.25 Å². The normalized spacial score (nSPS) is 16.9. The molecule has 1 atom stereocenters. The first kappa shape index (κ1) is 21.5. The van der Waals surface area contributed by atoms with Crippen molar-refractivity contribution in [2.45, 2.75) is 43.5 Å². The molecule has 0 bridgehead atoms. The Morgan fingerprint density at radius 2 is 1.81 bits per heavy atom. The van der Waals surface area contributed by atoms with E-state index in [2.05, 4.69) is 15.5 Å². The Hall–Kier alpha value is -2.71. The van der Waals surface area contributed by atoms with Crippen LogP contribution in [0.5, 0.6) is 0 Å². The van der Waals surface area contributed by atoms with Crippen molar-refractivity contribution in [3.63, 3.8) is 0 Å². The lowest BCUT2D eigenvalue weighted by Crippen LogP contribution is -2.41. The van der Waals surface area contributed by atoms with Gasteiger partial charge in [0.15, 0.2) is 0 Å². The molecule has 9 heteroatoms. The lowest BCUT2D eigenvalue weighted by molar-refractivity contribution is -0.127. The maximum atomic E-state index is 13.3. The van der Waals surface area contributed by atoms with Gasteiger partial charge in [-0.2, -0.15) is 4.68 Å². The number of thioether (sulfide) groups is 1. The summed E-state index contributed by atoms with van der Waals surface area (Å²) in [5.74, 6) is -0.512. The molecule has 3 aromatic rings. The molecule has 1 aromatic heterocycles. The van der Waals surface area contributed by atoms with Crippen LogP contribution in [0.3, 0.4) is 0 Å². The van der Waals surface area contributed by atoms with E-state index in [1.165, 1.54) is 16.7 Å². The molecule has 0 unspecified atom stereocenters. The number of imide groups is 1. The molecule has 2 heterocycles. The van der Waals surface area contributed by atoms with Crippen molar-refractivity contribution in [3.05, 3.63) is 64.2 Å². The molecular weight excluding hydrogens is 434 g/mol. The number of nitrogens with zero attached hydrogens (tertiary/aromatic N) is 5. The summed E-state index contributed by atoms with van der Waals surface area (Å²) < 4.78 is 1.68. The summed E-state index contributed by atoms with van der Waals surface area (Å²) >= 11 is 7.24. The number of tetrazole rings is 1. The Bertz CT molecular complexity index is 1100. The molecule has 7 nitrogen and oxygen atoms in total. The second-order valence-corrected chi connectivity index (χ2v) is 9.12. The molecule has 0 spiro atoms. The number of benzene rings is 2. The summed E-state index contributed by atoms with van der Waals surface area (Å²) in [4.78, 5) is 27.7. The summed E-state index contributed by atoms with van der Waals surface area (Å²) in [7, 11) is 0. The second-order valence-electron chi connectivity index (χ2n) is 7.52. The lowest BCUT2D eigenvalue weighted by Gasteiger charge is -2.22. The highest BCUT2D eigenvalue weighted by Crippen LogP contribution is 2.31. The highest BCUT2D eigenvalue weighted by Gasteiger charge is 2.33. The van der Waals surface area contributed by atoms with E-state index in [4.69, 9.17) is 11.6 Å². The van der Waals surface area contributed by atoms with Crippen LogP contribution in [0.1, 0.15) is 40.7 Å². The molecule has 160 valence electrons. The fourth-order valence-corrected chi connectivity index (χ4v) is 4.93. The molecule has 0 radical (unpaired) electrons. The van der Waals surface area contributed by atoms with Crippen molar-refractivity contribution in [2.75, 3.05) is 6.54 Å². The topological polar surface area (TPSA) is 81.0 Å². The van der Waals surface area contributed by atoms with Crippen LogP contribution in [-0.4, -0.2) is 48.7 Å². The molecule has 2 amide bonds. The van der Waals surface area contributed by atoms with Crippen molar-refractivity contribution < 1.29 is 9.59 Å². The number of para-hydroxylation sites is 1. The molecule has 1 aliphatic rings. The maximum absolute atomic E-state index is 13.3. The number of rotatable bonds is 4. The van der Waals surface area contributed by atoms with E-state index in [0.29, 0.717) is 28.7 Å². The van der Waals surface area contributed by atoms with E-state index >= 15 is 0 Å². The Morgan fingerprint density at radius 1 is 1.10 bits per heavy atom. The lowest BCUT2D eigenvalue weighted by atomic mass is 10.1. The highest BCUT2D eigenvalue weighted by atomic mass is 35.5. The number of likely N-dealkylation sites (tertiary alicyclic amines) is 1. The largest absolute Gasteiger partial charge is 0.278 e. The van der Waals surface area contributed by atoms with Gasteiger partial charge < -0.3 is 0 Å². The van der Waals surface area contributed by atoms with Gasteiger partial charge in [-0.1, -0.05) is 48.0 Å². The number of amides is 2. The van der Waals surface area contributed by atoms with Crippen LogP contribution >= 0.6 is 23.4 Å². The Balaban J connectivity index is 1.59. The smallest absolute Gasteiger partial charge is 0.260 e. The van der Waals surface area contributed by atoms with Crippen molar-refractivity contribution >= 4 is 35.2 Å². The third-order valence-corrected chi connectivity index (χ3v) is 6.75. The first-order chi connectivity index (χ1) is 15.0. The fourth-order valence-electron chi connectivity index (χ4n) is 3.73. The standard InChI is InChI=1S/C22H22ClN5O2S/c1-14-6-5-7-15(2)19(14)28-22(24-25-26-28)31-18-8-3-4-13-27(21(18)30)20(29)16-9-11-17(23)12-10-16/h5-7,9-12,18H,3-4,8,13H2,1-2H3/t18-/m1/s1. The maximum Gasteiger partial charge on any atom is 0.260 e. The molecule has 31 heavy (non-hydrogen) atoms. The number of carbonyl (C=O) groups is 2. The van der Waals surface area contributed by atoms with Crippen molar-refractivity contribution in [3.8, 4) is 5.69 Å². The van der Waals surface area contributed by atoms with Crippen molar-refractivity contribution in [2.24, 2.45) is 0 Å². The van der Waals surface area contributed by atoms with Gasteiger partial charge in [-0.25, -0.2) is 0 Å². The van der Waals surface area contributed by atoms with Gasteiger partial charge in [0.25, 0.3) is 5.91 Å². The van der Waals surface area contributed by atoms with Gasteiger partial charge in [0.2, 0.25) is 11.1 Å². The molecule has 0 N–H and O–H groups in total. The van der Waals surface area contributed by atoms with E-state index in [0.717, 1.165) is 29.7 Å². The van der Waals surface area contributed by atoms with Crippen molar-refractivity contribution in [1.29, 1.82) is 0 Å². The Kier molecular flexibility index (Phi) is 6.38. The zero-order chi connectivity index (χ0) is 22.0. The van der Waals surface area contributed by atoms with Crippen LogP contribution in [0.4, 0.5) is 0 Å². The van der Waals surface area contributed by atoms with Crippen LogP contribution in [0.25, 0.3) is 5.69 Å². The van der Waals surface area contributed by atoms with Gasteiger partial charge in [-0.3, -0.25) is 14.5 Å². The van der Waals surface area contributed by atoms with Crippen LogP contribution in [0.15, 0.2) is 47.6 Å². The Morgan fingerprint density at radius 3 is 2.52 bits per heavy atom. The van der Waals surface area contributed by atoms with Gasteiger partial charge in [0, 0.05) is 17.1 Å². The molecule has 1 saturated heterocycles. The van der Waals surface area contributed by atoms with E-state index in [1.807, 2.05) is 32.0 Å². The van der Waals surface area contributed by atoms with Gasteiger partial charge >= 0.3 is 0 Å². The number of halogens is 1.